The van der Waals surface area contributed by atoms with Gasteiger partial charge in [0.2, 0.25) is 5.69 Å². The highest BCUT2D eigenvalue weighted by molar-refractivity contribution is 6.06. The first-order chi connectivity index (χ1) is 12.3. The van der Waals surface area contributed by atoms with Crippen molar-refractivity contribution < 1.29 is 40.5 Å². The van der Waals surface area contributed by atoms with Crippen molar-refractivity contribution in [2.75, 3.05) is 5.32 Å². The van der Waals surface area contributed by atoms with Gasteiger partial charge in [0.15, 0.2) is 23.3 Å². The molecule has 0 unspecified atom stereocenters. The SMILES string of the molecule is Cc1c([N+](=O)[O-])c(C(=O)Nc2c(F)c(F)c(C(F)(F)F)c(F)c2F)nn1C. The summed E-state index contributed by atoms with van der Waals surface area (Å²) in [5.74, 6) is -12.3. The first kappa shape index (κ1) is 20.1. The second kappa shape index (κ2) is 6.51. The van der Waals surface area contributed by atoms with Crippen LogP contribution in [0.2, 0.25) is 0 Å². The Morgan fingerprint density at radius 3 is 2.00 bits per heavy atom. The fourth-order valence-electron chi connectivity index (χ4n) is 2.13. The number of hydrogen-bond acceptors (Lipinski definition) is 4. The number of aromatic nitrogens is 2. The molecule has 1 heterocycles. The van der Waals surface area contributed by atoms with Crippen LogP contribution in [-0.4, -0.2) is 20.6 Å². The van der Waals surface area contributed by atoms with Gasteiger partial charge in [0.25, 0.3) is 5.91 Å². The molecule has 0 radical (unpaired) electrons. The minimum absolute atomic E-state index is 0.143. The molecule has 7 nitrogen and oxygen atoms in total. The first-order valence-electron chi connectivity index (χ1n) is 6.71. The molecule has 0 fully saturated rings. The molecule has 0 aliphatic heterocycles. The van der Waals surface area contributed by atoms with Gasteiger partial charge < -0.3 is 5.32 Å². The van der Waals surface area contributed by atoms with Crippen LogP contribution >= 0.6 is 0 Å². The monoisotopic (exact) mass is 400 g/mol. The molecule has 14 heteroatoms. The lowest BCUT2D eigenvalue weighted by Crippen LogP contribution is -2.21. The molecule has 146 valence electrons. The van der Waals surface area contributed by atoms with Crippen LogP contribution in [0.1, 0.15) is 21.7 Å². The summed E-state index contributed by atoms with van der Waals surface area (Å²) >= 11 is 0. The Labute approximate surface area is 144 Å². The van der Waals surface area contributed by atoms with Gasteiger partial charge in [-0.05, 0) is 6.92 Å². The van der Waals surface area contributed by atoms with Crippen molar-refractivity contribution in [2.45, 2.75) is 13.1 Å². The molecule has 1 aromatic heterocycles. The Morgan fingerprint density at radius 1 is 1.11 bits per heavy atom. The van der Waals surface area contributed by atoms with E-state index in [1.807, 2.05) is 0 Å². The topological polar surface area (TPSA) is 90.1 Å². The van der Waals surface area contributed by atoms with Crippen LogP contribution in [0.15, 0.2) is 0 Å². The van der Waals surface area contributed by atoms with E-state index in [1.54, 1.807) is 0 Å². The zero-order valence-corrected chi connectivity index (χ0v) is 13.2. The number of aryl methyl sites for hydroxylation is 1. The van der Waals surface area contributed by atoms with E-state index in [1.165, 1.54) is 19.3 Å². The van der Waals surface area contributed by atoms with E-state index in [0.29, 0.717) is 0 Å². The Bertz CT molecular complexity index is 939. The van der Waals surface area contributed by atoms with Gasteiger partial charge in [0, 0.05) is 7.05 Å². The number of benzene rings is 1. The van der Waals surface area contributed by atoms with Crippen molar-refractivity contribution in [1.82, 2.24) is 9.78 Å². The van der Waals surface area contributed by atoms with Crippen molar-refractivity contribution in [2.24, 2.45) is 7.05 Å². The molecule has 0 saturated heterocycles. The number of carbonyl (C=O) groups excluding carboxylic acids is 1. The quantitative estimate of drug-likeness (QED) is 0.370. The molecule has 2 aromatic rings. The fourth-order valence-corrected chi connectivity index (χ4v) is 2.13. The number of hydrogen-bond donors (Lipinski definition) is 1. The summed E-state index contributed by atoms with van der Waals surface area (Å²) in [6.07, 6.45) is -5.75. The van der Waals surface area contributed by atoms with Gasteiger partial charge in [0.05, 0.1) is 4.92 Å². The van der Waals surface area contributed by atoms with Crippen LogP contribution in [0.3, 0.4) is 0 Å². The van der Waals surface area contributed by atoms with Crippen molar-refractivity contribution in [1.29, 1.82) is 0 Å². The summed E-state index contributed by atoms with van der Waals surface area (Å²) in [5.41, 5.74) is -6.70. The second-order valence-corrected chi connectivity index (χ2v) is 5.12. The van der Waals surface area contributed by atoms with Crippen LogP contribution in [0.5, 0.6) is 0 Å². The van der Waals surface area contributed by atoms with Crippen molar-refractivity contribution in [3.63, 3.8) is 0 Å². The summed E-state index contributed by atoms with van der Waals surface area (Å²) in [7, 11) is 1.19. The molecule has 1 N–H and O–H groups in total. The summed E-state index contributed by atoms with van der Waals surface area (Å²) in [6, 6.07) is 0. The zero-order valence-electron chi connectivity index (χ0n) is 13.2. The maximum Gasteiger partial charge on any atom is 0.422 e. The van der Waals surface area contributed by atoms with E-state index in [2.05, 4.69) is 5.10 Å². The minimum atomic E-state index is -5.75. The van der Waals surface area contributed by atoms with E-state index < -0.39 is 62.9 Å². The third-order valence-corrected chi connectivity index (χ3v) is 3.49. The number of carbonyl (C=O) groups is 1. The molecular formula is C13H7F7N4O3. The Balaban J connectivity index is 2.59. The number of halogens is 7. The summed E-state index contributed by atoms with van der Waals surface area (Å²) in [6.45, 7) is 1.18. The Hall–Kier alpha value is -3.19. The maximum absolute atomic E-state index is 13.8. The predicted octanol–water partition coefficient (Wildman–Crippen LogP) is 3.46. The van der Waals surface area contributed by atoms with Crippen LogP contribution in [0.4, 0.5) is 42.1 Å². The standard InChI is InChI=1S/C13H7F7N4O3/c1-3-11(24(26)27)10(22-23(3)2)12(25)21-9-7(16)5(14)4(13(18,19)20)6(15)8(9)17/h1-2H3,(H,21,25). The van der Waals surface area contributed by atoms with Gasteiger partial charge in [-0.2, -0.15) is 18.3 Å². The molecule has 0 aliphatic rings. The molecule has 1 aromatic carbocycles. The van der Waals surface area contributed by atoms with Crippen LogP contribution in [0, 0.1) is 40.3 Å². The number of amides is 1. The van der Waals surface area contributed by atoms with Gasteiger partial charge in [-0.15, -0.1) is 0 Å². The van der Waals surface area contributed by atoms with Crippen LogP contribution in [0.25, 0.3) is 0 Å². The third-order valence-electron chi connectivity index (χ3n) is 3.49. The normalized spacial score (nSPS) is 11.6. The molecule has 0 aliphatic carbocycles. The maximum atomic E-state index is 13.8. The predicted molar refractivity (Wildman–Crippen MR) is 73.8 cm³/mol. The smallest absolute Gasteiger partial charge is 0.315 e. The third kappa shape index (κ3) is 3.29. The second-order valence-electron chi connectivity index (χ2n) is 5.12. The van der Waals surface area contributed by atoms with E-state index in [4.69, 9.17) is 0 Å². The van der Waals surface area contributed by atoms with Gasteiger partial charge in [-0.1, -0.05) is 0 Å². The summed E-state index contributed by atoms with van der Waals surface area (Å²) in [5, 5.41) is 15.7. The molecule has 1 amide bonds. The van der Waals surface area contributed by atoms with Crippen LogP contribution < -0.4 is 5.32 Å². The molecule has 0 bridgehead atoms. The van der Waals surface area contributed by atoms with Gasteiger partial charge in [0.1, 0.15) is 16.9 Å². The number of nitrogens with one attached hydrogen (secondary N) is 1. The first-order valence-corrected chi connectivity index (χ1v) is 6.71. The number of anilines is 1. The molecule has 2 rings (SSSR count). The molecule has 0 saturated carbocycles. The van der Waals surface area contributed by atoms with E-state index in [-0.39, 0.29) is 5.69 Å². The van der Waals surface area contributed by atoms with E-state index in [0.717, 1.165) is 4.68 Å². The Morgan fingerprint density at radius 2 is 1.59 bits per heavy atom. The highest BCUT2D eigenvalue weighted by Gasteiger charge is 2.43. The Kier molecular flexibility index (Phi) is 4.86. The largest absolute Gasteiger partial charge is 0.422 e. The number of alkyl halides is 3. The highest BCUT2D eigenvalue weighted by Crippen LogP contribution is 2.38. The van der Waals surface area contributed by atoms with Crippen molar-refractivity contribution in [3.8, 4) is 0 Å². The number of nitrogens with zero attached hydrogens (tertiary/aromatic N) is 3. The minimum Gasteiger partial charge on any atom is -0.315 e. The van der Waals surface area contributed by atoms with Gasteiger partial charge in [-0.25, -0.2) is 17.6 Å². The molecule has 27 heavy (non-hydrogen) atoms. The molecule has 0 spiro atoms. The highest BCUT2D eigenvalue weighted by atomic mass is 19.4. The summed E-state index contributed by atoms with van der Waals surface area (Å²) < 4.78 is 93.1. The lowest BCUT2D eigenvalue weighted by Gasteiger charge is -2.14. The average molecular weight is 400 g/mol. The summed E-state index contributed by atoms with van der Waals surface area (Å²) in [4.78, 5) is 22.0. The van der Waals surface area contributed by atoms with E-state index >= 15 is 0 Å². The van der Waals surface area contributed by atoms with E-state index in [9.17, 15) is 45.6 Å². The zero-order chi connectivity index (χ0) is 20.8. The average Bonchev–Trinajstić information content (AvgIpc) is 2.84. The van der Waals surface area contributed by atoms with Crippen LogP contribution in [-0.2, 0) is 13.2 Å². The number of rotatable bonds is 3. The van der Waals surface area contributed by atoms with Crippen molar-refractivity contribution >= 4 is 17.3 Å². The lowest BCUT2D eigenvalue weighted by atomic mass is 10.1. The lowest BCUT2D eigenvalue weighted by molar-refractivity contribution is -0.385. The van der Waals surface area contributed by atoms with Gasteiger partial charge >= 0.3 is 11.9 Å². The van der Waals surface area contributed by atoms with Crippen molar-refractivity contribution in [3.05, 3.63) is 50.3 Å². The fraction of sp³-hybridized carbons (Fsp3) is 0.231. The molecular weight excluding hydrogens is 393 g/mol. The molecule has 0 atom stereocenters. The van der Waals surface area contributed by atoms with Gasteiger partial charge in [-0.3, -0.25) is 19.6 Å². The number of nitro groups is 1.